The first-order valence-corrected chi connectivity index (χ1v) is 10.2. The molecule has 0 spiro atoms. The molecule has 0 saturated carbocycles. The van der Waals surface area contributed by atoms with E-state index >= 15 is 0 Å². The number of hydrogen-bond donors (Lipinski definition) is 0. The van der Waals surface area contributed by atoms with Crippen molar-refractivity contribution in [3.63, 3.8) is 0 Å². The molecular weight excluding hydrogens is 412 g/mol. The van der Waals surface area contributed by atoms with E-state index in [4.69, 9.17) is 18.9 Å². The first kappa shape index (κ1) is 23.0. The second-order valence-electron chi connectivity index (χ2n) is 7.15. The van der Waals surface area contributed by atoms with Crippen LogP contribution in [0.1, 0.15) is 20.7 Å². The predicted molar refractivity (Wildman–Crippen MR) is 120 cm³/mol. The number of piperazine rings is 1. The van der Waals surface area contributed by atoms with Gasteiger partial charge in [-0.15, -0.1) is 0 Å². The highest BCUT2D eigenvalue weighted by Gasteiger charge is 2.26. The van der Waals surface area contributed by atoms with Gasteiger partial charge in [0.25, 0.3) is 11.8 Å². The van der Waals surface area contributed by atoms with Crippen LogP contribution in [0.2, 0.25) is 0 Å². The summed E-state index contributed by atoms with van der Waals surface area (Å²) in [6, 6.07) is 10.2. The molecule has 1 saturated heterocycles. The largest absolute Gasteiger partial charge is 0.497 e. The van der Waals surface area contributed by atoms with Crippen molar-refractivity contribution >= 4 is 11.8 Å². The number of methoxy groups -OCH3 is 3. The van der Waals surface area contributed by atoms with Crippen LogP contribution < -0.4 is 18.9 Å². The first-order chi connectivity index (χ1) is 15.5. The lowest BCUT2D eigenvalue weighted by Crippen LogP contribution is -2.50. The van der Waals surface area contributed by atoms with Crippen molar-refractivity contribution in [2.75, 3.05) is 54.1 Å². The van der Waals surface area contributed by atoms with Gasteiger partial charge in [-0.05, 0) is 30.3 Å². The number of nitrogens with zero attached hydrogens (tertiary/aromatic N) is 2. The van der Waals surface area contributed by atoms with Crippen molar-refractivity contribution in [2.45, 2.75) is 0 Å². The maximum absolute atomic E-state index is 13.0. The van der Waals surface area contributed by atoms with Crippen LogP contribution in [0.4, 0.5) is 0 Å². The van der Waals surface area contributed by atoms with Gasteiger partial charge in [-0.2, -0.15) is 0 Å². The molecule has 1 fully saturated rings. The Labute approximate surface area is 187 Å². The van der Waals surface area contributed by atoms with E-state index in [0.717, 1.165) is 0 Å². The molecule has 0 unspecified atom stereocenters. The van der Waals surface area contributed by atoms with Gasteiger partial charge < -0.3 is 28.7 Å². The maximum atomic E-state index is 13.0. The summed E-state index contributed by atoms with van der Waals surface area (Å²) in [5, 5.41) is 0. The van der Waals surface area contributed by atoms with E-state index in [1.165, 1.54) is 7.11 Å². The average Bonchev–Trinajstić information content (AvgIpc) is 2.86. The summed E-state index contributed by atoms with van der Waals surface area (Å²) in [6.45, 7) is 5.70. The molecule has 2 amide bonds. The van der Waals surface area contributed by atoms with Crippen LogP contribution in [0.3, 0.4) is 0 Å². The third-order valence-corrected chi connectivity index (χ3v) is 5.22. The Kier molecular flexibility index (Phi) is 7.59. The summed E-state index contributed by atoms with van der Waals surface area (Å²) in [5.74, 6) is 1.90. The van der Waals surface area contributed by atoms with Gasteiger partial charge in [0, 0.05) is 43.4 Å². The molecule has 8 nitrogen and oxygen atoms in total. The summed E-state index contributed by atoms with van der Waals surface area (Å²) >= 11 is 0. The first-order valence-electron chi connectivity index (χ1n) is 10.2. The zero-order chi connectivity index (χ0) is 23.1. The second kappa shape index (κ2) is 10.6. The molecule has 0 N–H and O–H groups in total. The number of hydrogen-bond acceptors (Lipinski definition) is 6. The standard InChI is InChI=1S/C24H28N2O6/c1-5-12-32-21-7-6-17(15-22(21)31-4)23(27)25-8-10-26(11-9-25)24(28)18-13-19(29-2)16-20(14-18)30-3/h5-7,13-16H,1,8-12H2,2-4H3. The summed E-state index contributed by atoms with van der Waals surface area (Å²) in [5.41, 5.74) is 0.992. The molecule has 3 rings (SSSR count). The van der Waals surface area contributed by atoms with Gasteiger partial charge in [0.05, 0.1) is 21.3 Å². The fourth-order valence-electron chi connectivity index (χ4n) is 3.48. The number of carbonyl (C=O) groups excluding carboxylic acids is 2. The highest BCUT2D eigenvalue weighted by molar-refractivity contribution is 5.96. The molecule has 0 radical (unpaired) electrons. The van der Waals surface area contributed by atoms with Gasteiger partial charge in [0.1, 0.15) is 18.1 Å². The van der Waals surface area contributed by atoms with Crippen LogP contribution in [-0.2, 0) is 0 Å². The molecule has 0 aliphatic carbocycles. The summed E-state index contributed by atoms with van der Waals surface area (Å²) < 4.78 is 21.4. The van der Waals surface area contributed by atoms with Crippen molar-refractivity contribution in [3.05, 3.63) is 60.2 Å². The number of benzene rings is 2. The Bertz CT molecular complexity index is 960. The van der Waals surface area contributed by atoms with E-state index in [0.29, 0.717) is 66.9 Å². The van der Waals surface area contributed by atoms with Gasteiger partial charge in [-0.25, -0.2) is 0 Å². The minimum absolute atomic E-state index is 0.117. The predicted octanol–water partition coefficient (Wildman–Crippen LogP) is 2.88. The summed E-state index contributed by atoms with van der Waals surface area (Å²) in [6.07, 6.45) is 1.64. The SMILES string of the molecule is C=CCOc1ccc(C(=O)N2CCN(C(=O)c3cc(OC)cc(OC)c3)CC2)cc1OC. The van der Waals surface area contributed by atoms with Crippen LogP contribution >= 0.6 is 0 Å². The maximum Gasteiger partial charge on any atom is 0.254 e. The van der Waals surface area contributed by atoms with E-state index in [1.807, 2.05) is 0 Å². The summed E-state index contributed by atoms with van der Waals surface area (Å²) in [7, 11) is 4.61. The Morgan fingerprint density at radius 2 is 1.38 bits per heavy atom. The van der Waals surface area contributed by atoms with Crippen molar-refractivity contribution < 1.29 is 28.5 Å². The lowest BCUT2D eigenvalue weighted by atomic mass is 10.1. The molecule has 8 heteroatoms. The minimum atomic E-state index is -0.125. The zero-order valence-electron chi connectivity index (χ0n) is 18.6. The molecule has 0 aromatic heterocycles. The van der Waals surface area contributed by atoms with Crippen molar-refractivity contribution in [1.29, 1.82) is 0 Å². The molecule has 32 heavy (non-hydrogen) atoms. The molecule has 0 bridgehead atoms. The molecule has 170 valence electrons. The van der Waals surface area contributed by atoms with E-state index in [2.05, 4.69) is 6.58 Å². The van der Waals surface area contributed by atoms with Crippen molar-refractivity contribution in [3.8, 4) is 23.0 Å². The second-order valence-corrected chi connectivity index (χ2v) is 7.15. The Hall–Kier alpha value is -3.68. The number of carbonyl (C=O) groups is 2. The third kappa shape index (κ3) is 5.14. The number of rotatable bonds is 8. The van der Waals surface area contributed by atoms with Crippen LogP contribution in [0.5, 0.6) is 23.0 Å². The Balaban J connectivity index is 1.66. The minimum Gasteiger partial charge on any atom is -0.497 e. The number of ether oxygens (including phenoxy) is 4. The topological polar surface area (TPSA) is 77.5 Å². The van der Waals surface area contributed by atoms with Crippen LogP contribution in [-0.4, -0.2) is 75.7 Å². The van der Waals surface area contributed by atoms with Crippen molar-refractivity contribution in [2.24, 2.45) is 0 Å². The summed E-state index contributed by atoms with van der Waals surface area (Å²) in [4.78, 5) is 29.4. The molecule has 1 aliphatic heterocycles. The smallest absolute Gasteiger partial charge is 0.254 e. The van der Waals surface area contributed by atoms with Gasteiger partial charge in [-0.3, -0.25) is 9.59 Å². The number of amides is 2. The van der Waals surface area contributed by atoms with E-state index in [1.54, 1.807) is 66.5 Å². The van der Waals surface area contributed by atoms with Gasteiger partial charge >= 0.3 is 0 Å². The molecule has 2 aromatic rings. The fourth-order valence-corrected chi connectivity index (χ4v) is 3.48. The average molecular weight is 440 g/mol. The molecule has 1 heterocycles. The monoisotopic (exact) mass is 440 g/mol. The Morgan fingerprint density at radius 1 is 0.812 bits per heavy atom. The quantitative estimate of drug-likeness (QED) is 0.588. The van der Waals surface area contributed by atoms with E-state index in [-0.39, 0.29) is 11.8 Å². The third-order valence-electron chi connectivity index (χ3n) is 5.22. The highest BCUT2D eigenvalue weighted by atomic mass is 16.5. The van der Waals surface area contributed by atoms with Gasteiger partial charge in [-0.1, -0.05) is 12.7 Å². The Morgan fingerprint density at radius 3 is 1.88 bits per heavy atom. The highest BCUT2D eigenvalue weighted by Crippen LogP contribution is 2.29. The van der Waals surface area contributed by atoms with Crippen LogP contribution in [0.15, 0.2) is 49.1 Å². The molecular formula is C24H28N2O6. The lowest BCUT2D eigenvalue weighted by molar-refractivity contribution is 0.0535. The van der Waals surface area contributed by atoms with E-state index in [9.17, 15) is 9.59 Å². The van der Waals surface area contributed by atoms with Crippen molar-refractivity contribution in [1.82, 2.24) is 9.80 Å². The van der Waals surface area contributed by atoms with E-state index < -0.39 is 0 Å². The normalized spacial score (nSPS) is 13.3. The molecule has 1 aliphatic rings. The van der Waals surface area contributed by atoms with Gasteiger partial charge in [0.15, 0.2) is 11.5 Å². The zero-order valence-corrected chi connectivity index (χ0v) is 18.6. The van der Waals surface area contributed by atoms with Crippen LogP contribution in [0, 0.1) is 0 Å². The van der Waals surface area contributed by atoms with Gasteiger partial charge in [0.2, 0.25) is 0 Å². The molecule has 2 aromatic carbocycles. The molecule has 0 atom stereocenters. The van der Waals surface area contributed by atoms with Crippen LogP contribution in [0.25, 0.3) is 0 Å². The lowest BCUT2D eigenvalue weighted by Gasteiger charge is -2.35. The fraction of sp³-hybridized carbons (Fsp3) is 0.333.